The maximum absolute atomic E-state index is 13.1. The number of hydrogen-bond acceptors (Lipinski definition) is 3. The van der Waals surface area contributed by atoms with Crippen LogP contribution >= 0.6 is 0 Å². The molecule has 1 unspecified atom stereocenters. The second-order valence-corrected chi connectivity index (χ2v) is 7.38. The van der Waals surface area contributed by atoms with Crippen LogP contribution in [0.5, 0.6) is 0 Å². The molecular formula is C16H28N2O3. The fourth-order valence-electron chi connectivity index (χ4n) is 4.12. The van der Waals surface area contributed by atoms with E-state index in [1.807, 2.05) is 13.8 Å². The second-order valence-electron chi connectivity index (χ2n) is 7.38. The molecule has 1 amide bonds. The Morgan fingerprint density at radius 1 is 1.14 bits per heavy atom. The molecule has 2 fully saturated rings. The lowest BCUT2D eigenvalue weighted by molar-refractivity contribution is -0.165. The quantitative estimate of drug-likeness (QED) is 0.834. The van der Waals surface area contributed by atoms with Crippen LogP contribution in [-0.4, -0.2) is 41.0 Å². The van der Waals surface area contributed by atoms with Gasteiger partial charge in [0, 0.05) is 13.1 Å². The largest absolute Gasteiger partial charge is 0.480 e. The number of piperidine rings is 1. The highest BCUT2D eigenvalue weighted by atomic mass is 16.4. The number of carbonyl (C=O) groups is 2. The first-order chi connectivity index (χ1) is 9.84. The van der Waals surface area contributed by atoms with Crippen LogP contribution in [0, 0.1) is 10.8 Å². The number of carboxylic acids is 1. The van der Waals surface area contributed by atoms with Crippen LogP contribution in [0.3, 0.4) is 0 Å². The molecule has 5 nitrogen and oxygen atoms in total. The van der Waals surface area contributed by atoms with Crippen LogP contribution in [0.2, 0.25) is 0 Å². The summed E-state index contributed by atoms with van der Waals surface area (Å²) in [4.78, 5) is 26.4. The molecule has 0 bridgehead atoms. The Labute approximate surface area is 126 Å². The lowest BCUT2D eigenvalue weighted by atomic mass is 9.70. The number of carbonyl (C=O) groups excluding carboxylic acids is 1. The Bertz CT molecular complexity index is 414. The molecular weight excluding hydrogens is 268 g/mol. The van der Waals surface area contributed by atoms with Gasteiger partial charge < -0.3 is 15.7 Å². The molecule has 1 aliphatic carbocycles. The topological polar surface area (TPSA) is 83.6 Å². The van der Waals surface area contributed by atoms with Crippen LogP contribution in [-0.2, 0) is 9.59 Å². The zero-order chi connectivity index (χ0) is 15.7. The monoisotopic (exact) mass is 296 g/mol. The van der Waals surface area contributed by atoms with Crippen molar-refractivity contribution in [1.82, 2.24) is 4.90 Å². The highest BCUT2D eigenvalue weighted by Gasteiger charge is 2.49. The Balaban J connectivity index is 2.28. The third-order valence-corrected chi connectivity index (χ3v) is 5.42. The molecule has 1 aliphatic heterocycles. The predicted octanol–water partition coefficient (Wildman–Crippen LogP) is 2.00. The molecule has 1 saturated heterocycles. The van der Waals surface area contributed by atoms with Crippen LogP contribution in [0.15, 0.2) is 0 Å². The molecule has 5 heteroatoms. The third-order valence-electron chi connectivity index (χ3n) is 5.42. The summed E-state index contributed by atoms with van der Waals surface area (Å²) in [7, 11) is 0. The van der Waals surface area contributed by atoms with E-state index in [4.69, 9.17) is 5.73 Å². The number of aliphatic carboxylic acids is 1. The fraction of sp³-hybridized carbons (Fsp3) is 0.875. The molecule has 1 heterocycles. The number of nitrogens with two attached hydrogens (primary N) is 1. The maximum Gasteiger partial charge on any atom is 0.326 e. The minimum atomic E-state index is -0.893. The Morgan fingerprint density at radius 2 is 1.76 bits per heavy atom. The van der Waals surface area contributed by atoms with Crippen LogP contribution in [0.1, 0.15) is 58.8 Å². The van der Waals surface area contributed by atoms with Gasteiger partial charge in [0.1, 0.15) is 6.04 Å². The normalized spacial score (nSPS) is 28.1. The number of amides is 1. The van der Waals surface area contributed by atoms with Gasteiger partial charge in [0.15, 0.2) is 0 Å². The molecule has 0 radical (unpaired) electrons. The van der Waals surface area contributed by atoms with E-state index in [1.165, 1.54) is 0 Å². The van der Waals surface area contributed by atoms with E-state index in [9.17, 15) is 14.7 Å². The first-order valence-corrected chi connectivity index (χ1v) is 8.08. The van der Waals surface area contributed by atoms with E-state index in [-0.39, 0.29) is 11.3 Å². The fourth-order valence-corrected chi connectivity index (χ4v) is 4.12. The molecule has 0 spiro atoms. The summed E-state index contributed by atoms with van der Waals surface area (Å²) >= 11 is 0. The van der Waals surface area contributed by atoms with Crippen molar-refractivity contribution in [3.63, 3.8) is 0 Å². The molecule has 1 saturated carbocycles. The highest BCUT2D eigenvalue weighted by molar-refractivity contribution is 5.88. The third kappa shape index (κ3) is 2.93. The minimum Gasteiger partial charge on any atom is -0.480 e. The molecule has 0 aromatic rings. The first kappa shape index (κ1) is 16.3. The summed E-state index contributed by atoms with van der Waals surface area (Å²) in [5, 5.41) is 9.62. The Hall–Kier alpha value is -1.10. The van der Waals surface area contributed by atoms with Crippen molar-refractivity contribution in [3.05, 3.63) is 0 Å². The van der Waals surface area contributed by atoms with Gasteiger partial charge in [-0.1, -0.05) is 33.1 Å². The van der Waals surface area contributed by atoms with Crippen molar-refractivity contribution in [2.45, 2.75) is 64.8 Å². The summed E-state index contributed by atoms with van der Waals surface area (Å²) in [6, 6.07) is -0.732. The van der Waals surface area contributed by atoms with Gasteiger partial charge in [0.25, 0.3) is 0 Å². The zero-order valence-electron chi connectivity index (χ0n) is 13.2. The van der Waals surface area contributed by atoms with Crippen LogP contribution < -0.4 is 5.73 Å². The van der Waals surface area contributed by atoms with Crippen molar-refractivity contribution < 1.29 is 14.7 Å². The maximum atomic E-state index is 13.1. The number of likely N-dealkylation sites (tertiary alicyclic amines) is 1. The summed E-state index contributed by atoms with van der Waals surface area (Å²) in [6.45, 7) is 4.76. The van der Waals surface area contributed by atoms with Gasteiger partial charge in [0.2, 0.25) is 5.91 Å². The van der Waals surface area contributed by atoms with E-state index in [2.05, 4.69) is 0 Å². The van der Waals surface area contributed by atoms with E-state index in [0.29, 0.717) is 13.1 Å². The van der Waals surface area contributed by atoms with Crippen LogP contribution in [0.4, 0.5) is 0 Å². The van der Waals surface area contributed by atoms with Crippen molar-refractivity contribution >= 4 is 11.9 Å². The first-order valence-electron chi connectivity index (χ1n) is 8.08. The number of nitrogens with zero attached hydrogens (tertiary/aromatic N) is 1. The van der Waals surface area contributed by atoms with E-state index in [0.717, 1.165) is 44.9 Å². The van der Waals surface area contributed by atoms with Crippen molar-refractivity contribution in [1.29, 1.82) is 0 Å². The summed E-state index contributed by atoms with van der Waals surface area (Å²) in [5.41, 5.74) is 5.03. The molecule has 0 aromatic carbocycles. The lowest BCUT2D eigenvalue weighted by Crippen LogP contribution is -2.61. The predicted molar refractivity (Wildman–Crippen MR) is 80.7 cm³/mol. The molecule has 2 rings (SSSR count). The summed E-state index contributed by atoms with van der Waals surface area (Å²) in [5.74, 6) is -0.916. The van der Waals surface area contributed by atoms with E-state index in [1.54, 1.807) is 4.90 Å². The van der Waals surface area contributed by atoms with E-state index >= 15 is 0 Å². The molecule has 2 aliphatic rings. The Morgan fingerprint density at radius 3 is 2.29 bits per heavy atom. The van der Waals surface area contributed by atoms with Gasteiger partial charge in [-0.2, -0.15) is 0 Å². The molecule has 3 N–H and O–H groups in total. The lowest BCUT2D eigenvalue weighted by Gasteiger charge is -2.48. The van der Waals surface area contributed by atoms with Crippen molar-refractivity contribution in [2.24, 2.45) is 16.6 Å². The van der Waals surface area contributed by atoms with Gasteiger partial charge >= 0.3 is 5.97 Å². The van der Waals surface area contributed by atoms with Gasteiger partial charge in [-0.05, 0) is 31.1 Å². The number of carboxylic acid groups (broad SMARTS) is 1. The van der Waals surface area contributed by atoms with Crippen LogP contribution in [0.25, 0.3) is 0 Å². The van der Waals surface area contributed by atoms with Gasteiger partial charge in [0.05, 0.1) is 5.41 Å². The number of rotatable bonds is 3. The van der Waals surface area contributed by atoms with Crippen molar-refractivity contribution in [2.75, 3.05) is 13.1 Å². The molecule has 1 atom stereocenters. The minimum absolute atomic E-state index is 0.0233. The average molecular weight is 296 g/mol. The summed E-state index contributed by atoms with van der Waals surface area (Å²) in [6.07, 6.45) is 6.46. The number of hydrogen-bond donors (Lipinski definition) is 2. The van der Waals surface area contributed by atoms with Gasteiger partial charge in [-0.3, -0.25) is 4.79 Å². The smallest absolute Gasteiger partial charge is 0.326 e. The van der Waals surface area contributed by atoms with E-state index < -0.39 is 17.4 Å². The zero-order valence-corrected chi connectivity index (χ0v) is 13.2. The van der Waals surface area contributed by atoms with Gasteiger partial charge in [-0.15, -0.1) is 0 Å². The standard InChI is InChI=1S/C16H28N2O3/c1-15(2)7-6-10-18(12(15)13(19)20)14(21)16(11-17)8-4-3-5-9-16/h12H,3-11,17H2,1-2H3,(H,19,20). The van der Waals surface area contributed by atoms with Crippen molar-refractivity contribution in [3.8, 4) is 0 Å². The average Bonchev–Trinajstić information content (AvgIpc) is 2.45. The highest BCUT2D eigenvalue weighted by Crippen LogP contribution is 2.42. The molecule has 0 aromatic heterocycles. The Kier molecular flexibility index (Phi) is 4.61. The summed E-state index contributed by atoms with van der Waals surface area (Å²) < 4.78 is 0. The molecule has 120 valence electrons. The SMILES string of the molecule is CC1(C)CCCN(C(=O)C2(CN)CCCCC2)C1C(=O)O. The molecule has 21 heavy (non-hydrogen) atoms. The van der Waals surface area contributed by atoms with Gasteiger partial charge in [-0.25, -0.2) is 4.79 Å². The second kappa shape index (κ2) is 5.95.